The Hall–Kier alpha value is -2.83. The van der Waals surface area contributed by atoms with Gasteiger partial charge in [-0.25, -0.2) is 9.97 Å². The lowest BCUT2D eigenvalue weighted by atomic mass is 10.0. The number of nitrogens with zero attached hydrogens (tertiary/aromatic N) is 3. The van der Waals surface area contributed by atoms with Gasteiger partial charge in [-0.1, -0.05) is 6.92 Å². The smallest absolute Gasteiger partial charge is 0.274 e. The van der Waals surface area contributed by atoms with Crippen molar-refractivity contribution in [2.45, 2.75) is 26.7 Å². The molecule has 1 atom stereocenters. The number of benzene rings is 1. The molecule has 1 aromatic heterocycles. The first kappa shape index (κ1) is 17.6. The van der Waals surface area contributed by atoms with E-state index in [2.05, 4.69) is 27.1 Å². The molecule has 1 unspecified atom stereocenters. The van der Waals surface area contributed by atoms with Crippen LogP contribution >= 0.6 is 0 Å². The number of hydrogen-bond acceptors (Lipinski definition) is 6. The number of aromatic nitrogens is 2. The van der Waals surface area contributed by atoms with Gasteiger partial charge < -0.3 is 19.7 Å². The maximum atomic E-state index is 12.7. The summed E-state index contributed by atoms with van der Waals surface area (Å²) in [6.07, 6.45) is 2.38. The van der Waals surface area contributed by atoms with Gasteiger partial charge in [0.1, 0.15) is 30.5 Å². The highest BCUT2D eigenvalue weighted by Gasteiger charge is 2.20. The topological polar surface area (TPSA) is 76.6 Å². The summed E-state index contributed by atoms with van der Waals surface area (Å²) in [7, 11) is 0. The van der Waals surface area contributed by atoms with Crippen molar-refractivity contribution in [3.05, 3.63) is 35.8 Å². The fourth-order valence-corrected chi connectivity index (χ4v) is 3.54. The highest BCUT2D eigenvalue weighted by molar-refractivity contribution is 6.03. The molecule has 0 bridgehead atoms. The van der Waals surface area contributed by atoms with E-state index in [1.807, 2.05) is 6.92 Å². The van der Waals surface area contributed by atoms with E-state index in [4.69, 9.17) is 9.47 Å². The summed E-state index contributed by atoms with van der Waals surface area (Å²) >= 11 is 0. The van der Waals surface area contributed by atoms with Crippen molar-refractivity contribution in [2.24, 2.45) is 5.92 Å². The summed E-state index contributed by atoms with van der Waals surface area (Å²) in [6, 6.07) is 7.15. The molecule has 1 amide bonds. The predicted molar refractivity (Wildman–Crippen MR) is 103 cm³/mol. The van der Waals surface area contributed by atoms with Gasteiger partial charge in [-0.05, 0) is 37.8 Å². The van der Waals surface area contributed by atoms with Crippen LogP contribution in [0.2, 0.25) is 0 Å². The molecule has 0 aliphatic carbocycles. The van der Waals surface area contributed by atoms with E-state index in [0.717, 1.165) is 25.3 Å². The summed E-state index contributed by atoms with van der Waals surface area (Å²) in [4.78, 5) is 23.8. The largest absolute Gasteiger partial charge is 0.486 e. The number of carbonyl (C=O) groups excluding carboxylic acids is 1. The lowest BCUT2D eigenvalue weighted by molar-refractivity contribution is 0.102. The second-order valence-electron chi connectivity index (χ2n) is 7.16. The van der Waals surface area contributed by atoms with E-state index in [9.17, 15) is 4.79 Å². The predicted octanol–water partition coefficient (Wildman–Crippen LogP) is 3.04. The molecule has 7 nitrogen and oxygen atoms in total. The fraction of sp³-hybridized carbons (Fsp3) is 0.450. The fourth-order valence-electron chi connectivity index (χ4n) is 3.54. The maximum Gasteiger partial charge on any atom is 0.274 e. The summed E-state index contributed by atoms with van der Waals surface area (Å²) in [5.41, 5.74) is 1.01. The molecule has 4 rings (SSSR count). The Morgan fingerprint density at radius 3 is 2.81 bits per heavy atom. The first-order valence-electron chi connectivity index (χ1n) is 9.40. The Kier molecular flexibility index (Phi) is 4.83. The van der Waals surface area contributed by atoms with Crippen LogP contribution in [0.5, 0.6) is 11.5 Å². The van der Waals surface area contributed by atoms with Crippen LogP contribution in [0.25, 0.3) is 0 Å². The van der Waals surface area contributed by atoms with Crippen molar-refractivity contribution in [3.63, 3.8) is 0 Å². The van der Waals surface area contributed by atoms with Crippen LogP contribution < -0.4 is 19.7 Å². The summed E-state index contributed by atoms with van der Waals surface area (Å²) in [6.45, 7) is 7.03. The number of hydrogen-bond donors (Lipinski definition) is 1. The van der Waals surface area contributed by atoms with Crippen LogP contribution in [0.3, 0.4) is 0 Å². The van der Waals surface area contributed by atoms with Gasteiger partial charge in [0.05, 0.1) is 0 Å². The molecule has 2 aromatic rings. The zero-order valence-electron chi connectivity index (χ0n) is 15.7. The number of aryl methyl sites for hydroxylation is 1. The minimum Gasteiger partial charge on any atom is -0.486 e. The molecule has 1 aromatic carbocycles. The van der Waals surface area contributed by atoms with E-state index in [1.54, 1.807) is 24.3 Å². The number of nitrogens with one attached hydrogen (secondary N) is 1. The zero-order chi connectivity index (χ0) is 18.8. The van der Waals surface area contributed by atoms with Crippen LogP contribution in [0.4, 0.5) is 11.5 Å². The molecule has 0 saturated carbocycles. The average Bonchev–Trinajstić information content (AvgIpc) is 2.67. The van der Waals surface area contributed by atoms with Crippen molar-refractivity contribution in [2.75, 3.05) is 36.5 Å². The average molecular weight is 368 g/mol. The molecule has 2 aliphatic heterocycles. The third-order valence-electron chi connectivity index (χ3n) is 4.84. The van der Waals surface area contributed by atoms with Gasteiger partial charge >= 0.3 is 0 Å². The third-order valence-corrected chi connectivity index (χ3v) is 4.84. The van der Waals surface area contributed by atoms with Crippen LogP contribution in [0.15, 0.2) is 24.3 Å². The van der Waals surface area contributed by atoms with Gasteiger partial charge in [-0.15, -0.1) is 0 Å². The number of piperidine rings is 1. The second kappa shape index (κ2) is 7.42. The van der Waals surface area contributed by atoms with Crippen molar-refractivity contribution < 1.29 is 14.3 Å². The van der Waals surface area contributed by atoms with E-state index >= 15 is 0 Å². The molecule has 1 fully saturated rings. The standard InChI is InChI=1S/C20H24N4O3/c1-13-4-3-7-24(12-13)19-11-16(21-14(2)22-19)20(25)23-15-5-6-17-18(10-15)27-9-8-26-17/h5-6,10-11,13H,3-4,7-9,12H2,1-2H3,(H,23,25). The Morgan fingerprint density at radius 2 is 2.00 bits per heavy atom. The molecule has 1 saturated heterocycles. The highest BCUT2D eigenvalue weighted by atomic mass is 16.6. The molecule has 1 N–H and O–H groups in total. The van der Waals surface area contributed by atoms with Gasteiger partial charge in [-0.3, -0.25) is 4.79 Å². The number of fused-ring (bicyclic) bond motifs is 1. The minimum atomic E-state index is -0.261. The Bertz CT molecular complexity index is 855. The molecule has 2 aliphatic rings. The van der Waals surface area contributed by atoms with Crippen LogP contribution in [0.1, 0.15) is 36.1 Å². The van der Waals surface area contributed by atoms with E-state index < -0.39 is 0 Å². The molecule has 7 heteroatoms. The number of carbonyl (C=O) groups is 1. The van der Waals surface area contributed by atoms with Crippen molar-refractivity contribution >= 4 is 17.4 Å². The lowest BCUT2D eigenvalue weighted by Gasteiger charge is -2.32. The Labute approximate surface area is 158 Å². The monoisotopic (exact) mass is 368 g/mol. The van der Waals surface area contributed by atoms with E-state index in [0.29, 0.717) is 47.8 Å². The Morgan fingerprint density at radius 1 is 1.19 bits per heavy atom. The van der Waals surface area contributed by atoms with E-state index in [1.165, 1.54) is 6.42 Å². The van der Waals surface area contributed by atoms with E-state index in [-0.39, 0.29) is 5.91 Å². The van der Waals surface area contributed by atoms with Gasteiger partial charge in [0.2, 0.25) is 0 Å². The molecule has 27 heavy (non-hydrogen) atoms. The maximum absolute atomic E-state index is 12.7. The summed E-state index contributed by atoms with van der Waals surface area (Å²) in [5.74, 6) is 3.12. The number of rotatable bonds is 3. The van der Waals surface area contributed by atoms with Gasteiger partial charge in [0.15, 0.2) is 11.5 Å². The van der Waals surface area contributed by atoms with Crippen molar-refractivity contribution in [1.82, 2.24) is 9.97 Å². The van der Waals surface area contributed by atoms with Crippen LogP contribution in [-0.4, -0.2) is 42.2 Å². The van der Waals surface area contributed by atoms with Crippen molar-refractivity contribution in [1.29, 1.82) is 0 Å². The normalized spacial score (nSPS) is 18.9. The first-order chi connectivity index (χ1) is 13.1. The summed E-state index contributed by atoms with van der Waals surface area (Å²) in [5, 5.41) is 2.89. The van der Waals surface area contributed by atoms with Gasteiger partial charge in [-0.2, -0.15) is 0 Å². The molecule has 0 radical (unpaired) electrons. The number of ether oxygens (including phenoxy) is 2. The second-order valence-corrected chi connectivity index (χ2v) is 7.16. The SMILES string of the molecule is Cc1nc(C(=O)Nc2ccc3c(c2)OCCO3)cc(N2CCCC(C)C2)n1. The summed E-state index contributed by atoms with van der Waals surface area (Å²) < 4.78 is 11.1. The number of amides is 1. The quantitative estimate of drug-likeness (QED) is 0.897. The zero-order valence-corrected chi connectivity index (χ0v) is 15.7. The molecule has 3 heterocycles. The first-order valence-corrected chi connectivity index (χ1v) is 9.40. The van der Waals surface area contributed by atoms with Gasteiger partial charge in [0.25, 0.3) is 5.91 Å². The minimum absolute atomic E-state index is 0.261. The van der Waals surface area contributed by atoms with Crippen LogP contribution in [0, 0.1) is 12.8 Å². The molecular formula is C20H24N4O3. The van der Waals surface area contributed by atoms with Crippen LogP contribution in [-0.2, 0) is 0 Å². The molecular weight excluding hydrogens is 344 g/mol. The Balaban J connectivity index is 1.53. The lowest BCUT2D eigenvalue weighted by Crippen LogP contribution is -2.35. The number of anilines is 2. The van der Waals surface area contributed by atoms with Gasteiger partial charge in [0, 0.05) is 30.9 Å². The molecule has 0 spiro atoms. The third kappa shape index (κ3) is 3.97. The molecule has 142 valence electrons. The van der Waals surface area contributed by atoms with Crippen molar-refractivity contribution in [3.8, 4) is 11.5 Å². The highest BCUT2D eigenvalue weighted by Crippen LogP contribution is 2.32.